The van der Waals surface area contributed by atoms with Crippen LogP contribution in [0.5, 0.6) is 0 Å². The Morgan fingerprint density at radius 3 is 2.96 bits per heavy atom. The van der Waals surface area contributed by atoms with Crippen molar-refractivity contribution in [1.82, 2.24) is 15.2 Å². The van der Waals surface area contributed by atoms with Crippen molar-refractivity contribution in [2.75, 3.05) is 24.5 Å². The quantitative estimate of drug-likeness (QED) is 0.840. The maximum atomic E-state index is 12.3. The molecule has 2 fully saturated rings. The fraction of sp³-hybridized carbons (Fsp3) is 0.571. The van der Waals surface area contributed by atoms with Gasteiger partial charge in [-0.3, -0.25) is 9.69 Å². The van der Waals surface area contributed by atoms with E-state index in [1.807, 2.05) is 0 Å². The summed E-state index contributed by atoms with van der Waals surface area (Å²) in [7, 11) is 0. The fourth-order valence-electron chi connectivity index (χ4n) is 2.89. The van der Waals surface area contributed by atoms with Gasteiger partial charge in [-0.1, -0.05) is 0 Å². The number of carbonyl (C=O) groups is 3. The molecule has 3 heterocycles. The van der Waals surface area contributed by atoms with Crippen molar-refractivity contribution >= 4 is 34.4 Å². The molecule has 2 aliphatic heterocycles. The molecule has 0 aromatic carbocycles. The zero-order chi connectivity index (χ0) is 16.4. The molecule has 2 N–H and O–H groups in total. The Labute approximate surface area is 137 Å². The second kappa shape index (κ2) is 6.53. The van der Waals surface area contributed by atoms with Crippen molar-refractivity contribution in [3.05, 3.63) is 11.1 Å². The van der Waals surface area contributed by atoms with Crippen LogP contribution in [0.2, 0.25) is 0 Å². The molecule has 1 aromatic heterocycles. The van der Waals surface area contributed by atoms with E-state index in [9.17, 15) is 14.4 Å². The minimum atomic E-state index is -0.959. The summed E-state index contributed by atoms with van der Waals surface area (Å²) in [5.41, 5.74) is 0.574. The number of nitrogens with zero attached hydrogens (tertiary/aromatic N) is 3. The van der Waals surface area contributed by atoms with Crippen molar-refractivity contribution in [2.24, 2.45) is 0 Å². The maximum Gasteiger partial charge on any atom is 0.326 e. The molecule has 0 spiro atoms. The van der Waals surface area contributed by atoms with E-state index in [0.717, 1.165) is 6.42 Å². The highest BCUT2D eigenvalue weighted by Gasteiger charge is 2.34. The van der Waals surface area contributed by atoms with Crippen molar-refractivity contribution in [1.29, 1.82) is 0 Å². The van der Waals surface area contributed by atoms with Gasteiger partial charge in [0.15, 0.2) is 5.13 Å². The van der Waals surface area contributed by atoms with Gasteiger partial charge < -0.3 is 15.3 Å². The maximum absolute atomic E-state index is 12.3. The van der Waals surface area contributed by atoms with E-state index in [-0.39, 0.29) is 18.4 Å². The third-order valence-corrected chi connectivity index (χ3v) is 4.95. The van der Waals surface area contributed by atoms with Crippen LogP contribution in [0.4, 0.5) is 9.93 Å². The second-order valence-electron chi connectivity index (χ2n) is 5.62. The third kappa shape index (κ3) is 3.29. The Morgan fingerprint density at radius 1 is 1.39 bits per heavy atom. The van der Waals surface area contributed by atoms with Crippen molar-refractivity contribution < 1.29 is 19.5 Å². The first-order valence-electron chi connectivity index (χ1n) is 7.58. The van der Waals surface area contributed by atoms with Gasteiger partial charge in [-0.15, -0.1) is 11.3 Å². The molecule has 1 atom stereocenters. The van der Waals surface area contributed by atoms with Gasteiger partial charge in [0.05, 0.1) is 12.1 Å². The molecular formula is C14H18N4O4S. The van der Waals surface area contributed by atoms with E-state index in [4.69, 9.17) is 5.11 Å². The molecule has 0 bridgehead atoms. The minimum absolute atomic E-state index is 0.0652. The lowest BCUT2D eigenvalue weighted by Gasteiger charge is -2.24. The van der Waals surface area contributed by atoms with E-state index < -0.39 is 12.0 Å². The third-order valence-electron chi connectivity index (χ3n) is 4.04. The molecule has 0 saturated carbocycles. The molecule has 9 heteroatoms. The average molecular weight is 338 g/mol. The topological polar surface area (TPSA) is 103 Å². The van der Waals surface area contributed by atoms with Crippen LogP contribution >= 0.6 is 11.3 Å². The Bertz CT molecular complexity index is 632. The summed E-state index contributed by atoms with van der Waals surface area (Å²) in [6.07, 6.45) is 2.12. The van der Waals surface area contributed by atoms with Crippen LogP contribution in [0.25, 0.3) is 0 Å². The molecule has 0 aliphatic carbocycles. The number of hydrogen-bond donors (Lipinski definition) is 2. The lowest BCUT2D eigenvalue weighted by Crippen LogP contribution is -2.46. The van der Waals surface area contributed by atoms with Gasteiger partial charge in [-0.2, -0.15) is 0 Å². The number of hydrogen-bond acceptors (Lipinski definition) is 5. The first-order valence-corrected chi connectivity index (χ1v) is 8.46. The van der Waals surface area contributed by atoms with Crippen LogP contribution in [0.15, 0.2) is 5.38 Å². The predicted molar refractivity (Wildman–Crippen MR) is 83.6 cm³/mol. The van der Waals surface area contributed by atoms with Gasteiger partial charge >= 0.3 is 12.0 Å². The van der Waals surface area contributed by atoms with E-state index in [0.29, 0.717) is 43.3 Å². The number of thiazole rings is 1. The number of amides is 3. The zero-order valence-corrected chi connectivity index (χ0v) is 13.3. The number of aromatic nitrogens is 1. The fourth-order valence-corrected chi connectivity index (χ4v) is 3.74. The normalized spacial score (nSPS) is 21.4. The number of aliphatic carboxylic acids is 1. The Balaban J connectivity index is 1.65. The van der Waals surface area contributed by atoms with Gasteiger partial charge in [0.2, 0.25) is 5.91 Å². The second-order valence-corrected chi connectivity index (χ2v) is 6.46. The van der Waals surface area contributed by atoms with Crippen molar-refractivity contribution in [3.8, 4) is 0 Å². The first kappa shape index (κ1) is 15.7. The Kier molecular flexibility index (Phi) is 4.46. The van der Waals surface area contributed by atoms with Gasteiger partial charge in [0.25, 0.3) is 0 Å². The molecular weight excluding hydrogens is 320 g/mol. The number of carboxylic acids is 1. The number of carbonyl (C=O) groups excluding carboxylic acids is 2. The summed E-state index contributed by atoms with van der Waals surface area (Å²) < 4.78 is 0. The van der Waals surface area contributed by atoms with Gasteiger partial charge in [0.1, 0.15) is 6.04 Å². The Morgan fingerprint density at radius 2 is 2.22 bits per heavy atom. The summed E-state index contributed by atoms with van der Waals surface area (Å²) in [4.78, 5) is 42.6. The molecule has 1 aromatic rings. The number of likely N-dealkylation sites (tertiary alicyclic amines) is 1. The molecule has 0 radical (unpaired) electrons. The van der Waals surface area contributed by atoms with Crippen LogP contribution in [0.1, 0.15) is 25.0 Å². The number of nitrogens with one attached hydrogen (secondary N) is 1. The van der Waals surface area contributed by atoms with Gasteiger partial charge in [-0.05, 0) is 19.3 Å². The number of anilines is 1. The Hall–Kier alpha value is -2.16. The minimum Gasteiger partial charge on any atom is -0.480 e. The molecule has 3 amide bonds. The van der Waals surface area contributed by atoms with Crippen molar-refractivity contribution in [3.63, 3.8) is 0 Å². The van der Waals surface area contributed by atoms with E-state index in [1.54, 1.807) is 10.3 Å². The van der Waals surface area contributed by atoms with Gasteiger partial charge in [0, 0.05) is 25.0 Å². The smallest absolute Gasteiger partial charge is 0.326 e. The van der Waals surface area contributed by atoms with Crippen LogP contribution < -0.4 is 10.2 Å². The summed E-state index contributed by atoms with van der Waals surface area (Å²) in [6.45, 7) is 1.75. The number of urea groups is 1. The number of carboxylic acid groups (broad SMARTS) is 1. The standard InChI is InChI=1S/C14H18N4O4S/c19-11(17-5-1-3-10(17)12(20)21)7-9-8-23-14(16-9)18-6-2-4-15-13(18)22/h8,10H,1-7H2,(H,15,22)(H,20,21)/t10-/m1/s1. The molecule has 3 rings (SSSR count). The highest BCUT2D eigenvalue weighted by molar-refractivity contribution is 7.14. The monoisotopic (exact) mass is 338 g/mol. The predicted octanol–water partition coefficient (Wildman–Crippen LogP) is 0.681. The highest BCUT2D eigenvalue weighted by Crippen LogP contribution is 2.24. The first-order chi connectivity index (χ1) is 11.1. The summed E-state index contributed by atoms with van der Waals surface area (Å²) >= 11 is 1.32. The summed E-state index contributed by atoms with van der Waals surface area (Å²) in [6, 6.07) is -0.901. The SMILES string of the molecule is O=C(O)[C@H]1CCCN1C(=O)Cc1csc(N2CCCNC2=O)n1. The lowest BCUT2D eigenvalue weighted by atomic mass is 10.2. The summed E-state index contributed by atoms with van der Waals surface area (Å²) in [5.74, 6) is -1.19. The average Bonchev–Trinajstić information content (AvgIpc) is 3.16. The molecule has 23 heavy (non-hydrogen) atoms. The molecule has 2 aliphatic rings. The van der Waals surface area contributed by atoms with Crippen LogP contribution in [0, 0.1) is 0 Å². The van der Waals surface area contributed by atoms with E-state index in [1.165, 1.54) is 16.2 Å². The highest BCUT2D eigenvalue weighted by atomic mass is 32.1. The molecule has 124 valence electrons. The summed E-state index contributed by atoms with van der Waals surface area (Å²) in [5, 5.41) is 14.2. The van der Waals surface area contributed by atoms with Crippen LogP contribution in [-0.4, -0.2) is 58.6 Å². The van der Waals surface area contributed by atoms with Gasteiger partial charge in [-0.25, -0.2) is 14.6 Å². The zero-order valence-electron chi connectivity index (χ0n) is 12.5. The van der Waals surface area contributed by atoms with E-state index >= 15 is 0 Å². The molecule has 0 unspecified atom stereocenters. The van der Waals surface area contributed by atoms with Crippen LogP contribution in [0.3, 0.4) is 0 Å². The number of rotatable bonds is 4. The van der Waals surface area contributed by atoms with E-state index in [2.05, 4.69) is 10.3 Å². The molecule has 2 saturated heterocycles. The largest absolute Gasteiger partial charge is 0.480 e. The van der Waals surface area contributed by atoms with Crippen molar-refractivity contribution in [2.45, 2.75) is 31.7 Å². The lowest BCUT2D eigenvalue weighted by molar-refractivity contribution is -0.148. The molecule has 8 nitrogen and oxygen atoms in total. The van der Waals surface area contributed by atoms with Crippen LogP contribution in [-0.2, 0) is 16.0 Å².